The van der Waals surface area contributed by atoms with Crippen LogP contribution >= 0.6 is 0 Å². The van der Waals surface area contributed by atoms with Crippen LogP contribution in [0.3, 0.4) is 0 Å². The number of carbonyl (C=O) groups excluding carboxylic acids is 4. The van der Waals surface area contributed by atoms with Gasteiger partial charge in [0.15, 0.2) is 5.78 Å². The normalized spacial score (nSPS) is 23.4. The van der Waals surface area contributed by atoms with Crippen molar-refractivity contribution < 1.29 is 33.8 Å². The SMILES string of the molecule is CC(C)(C)OC(=O)C#CC[C@H]1CCCC1C=CC(O)=C1C(=O)NC(CCCNC(=O)OC(C)(C)C)C1=O. The number of ketones is 1. The Morgan fingerprint density at radius 1 is 1.11 bits per heavy atom. The molecule has 0 radical (unpaired) electrons. The Bertz CT molecular complexity index is 1000. The van der Waals surface area contributed by atoms with Gasteiger partial charge in [0, 0.05) is 18.9 Å². The van der Waals surface area contributed by atoms with Gasteiger partial charge in [0.05, 0.1) is 6.04 Å². The molecule has 204 valence electrons. The lowest BCUT2D eigenvalue weighted by atomic mass is 9.92. The minimum Gasteiger partial charge on any atom is -0.507 e. The van der Waals surface area contributed by atoms with Crippen LogP contribution in [-0.2, 0) is 23.9 Å². The topological polar surface area (TPSA) is 131 Å². The number of aliphatic hydroxyl groups excluding tert-OH is 1. The summed E-state index contributed by atoms with van der Waals surface area (Å²) in [5.74, 6) is 3.77. The van der Waals surface area contributed by atoms with Gasteiger partial charge in [-0.25, -0.2) is 9.59 Å². The van der Waals surface area contributed by atoms with Crippen molar-refractivity contribution in [3.05, 3.63) is 23.5 Å². The molecular formula is C28H40N2O7. The number of aliphatic hydroxyl groups is 1. The molecule has 0 bridgehead atoms. The number of ether oxygens (including phenoxy) is 2. The summed E-state index contributed by atoms with van der Waals surface area (Å²) in [7, 11) is 0. The zero-order valence-corrected chi connectivity index (χ0v) is 22.7. The Morgan fingerprint density at radius 3 is 2.43 bits per heavy atom. The molecule has 1 heterocycles. The van der Waals surface area contributed by atoms with Gasteiger partial charge in [0.2, 0.25) is 0 Å². The first-order chi connectivity index (χ1) is 17.2. The van der Waals surface area contributed by atoms with Gasteiger partial charge < -0.3 is 25.2 Å². The number of amides is 2. The summed E-state index contributed by atoms with van der Waals surface area (Å²) >= 11 is 0. The van der Waals surface area contributed by atoms with E-state index in [2.05, 4.69) is 22.5 Å². The number of hydrogen-bond acceptors (Lipinski definition) is 7. The maximum absolute atomic E-state index is 12.7. The van der Waals surface area contributed by atoms with Gasteiger partial charge in [-0.3, -0.25) is 9.59 Å². The third-order valence-electron chi connectivity index (χ3n) is 5.86. The summed E-state index contributed by atoms with van der Waals surface area (Å²) < 4.78 is 10.4. The Hall–Kier alpha value is -3.28. The summed E-state index contributed by atoms with van der Waals surface area (Å²) in [6.45, 7) is 10.9. The zero-order valence-electron chi connectivity index (χ0n) is 22.7. The molecular weight excluding hydrogens is 476 g/mol. The van der Waals surface area contributed by atoms with E-state index >= 15 is 0 Å². The molecule has 3 atom stereocenters. The highest BCUT2D eigenvalue weighted by molar-refractivity contribution is 6.27. The molecule has 1 saturated carbocycles. The summed E-state index contributed by atoms with van der Waals surface area (Å²) in [6.07, 6.45) is 6.81. The monoisotopic (exact) mass is 516 g/mol. The molecule has 9 nitrogen and oxygen atoms in total. The largest absolute Gasteiger partial charge is 0.507 e. The molecule has 1 aliphatic heterocycles. The van der Waals surface area contributed by atoms with Crippen molar-refractivity contribution in [1.82, 2.24) is 10.6 Å². The number of esters is 1. The van der Waals surface area contributed by atoms with Crippen LogP contribution in [0.25, 0.3) is 0 Å². The highest BCUT2D eigenvalue weighted by Gasteiger charge is 2.37. The van der Waals surface area contributed by atoms with Crippen molar-refractivity contribution in [3.8, 4) is 11.8 Å². The Balaban J connectivity index is 1.90. The molecule has 0 spiro atoms. The van der Waals surface area contributed by atoms with Gasteiger partial charge in [-0.05, 0) is 85.1 Å². The third kappa shape index (κ3) is 10.3. The Kier molecular flexibility index (Phi) is 10.4. The predicted molar refractivity (Wildman–Crippen MR) is 138 cm³/mol. The number of allylic oxidation sites excluding steroid dienone is 2. The maximum Gasteiger partial charge on any atom is 0.407 e. The molecule has 2 aliphatic rings. The number of carbonyl (C=O) groups is 4. The molecule has 37 heavy (non-hydrogen) atoms. The molecule has 3 N–H and O–H groups in total. The maximum atomic E-state index is 12.7. The first-order valence-electron chi connectivity index (χ1n) is 12.8. The smallest absolute Gasteiger partial charge is 0.407 e. The molecule has 2 fully saturated rings. The molecule has 2 amide bonds. The van der Waals surface area contributed by atoms with E-state index in [9.17, 15) is 24.3 Å². The summed E-state index contributed by atoms with van der Waals surface area (Å²) in [5, 5.41) is 15.7. The van der Waals surface area contributed by atoms with Crippen LogP contribution in [0.1, 0.15) is 80.1 Å². The quantitative estimate of drug-likeness (QED) is 0.0890. The van der Waals surface area contributed by atoms with Gasteiger partial charge in [-0.1, -0.05) is 18.4 Å². The minimum absolute atomic E-state index is 0.116. The van der Waals surface area contributed by atoms with Crippen LogP contribution in [-0.4, -0.2) is 52.6 Å². The van der Waals surface area contributed by atoms with E-state index in [4.69, 9.17) is 9.47 Å². The molecule has 2 rings (SSSR count). The van der Waals surface area contributed by atoms with Crippen LogP contribution in [0.5, 0.6) is 0 Å². The fraction of sp³-hybridized carbons (Fsp3) is 0.643. The van der Waals surface area contributed by atoms with E-state index in [1.165, 1.54) is 6.08 Å². The second-order valence-corrected chi connectivity index (χ2v) is 11.4. The van der Waals surface area contributed by atoms with Crippen molar-refractivity contribution in [2.45, 2.75) is 97.3 Å². The minimum atomic E-state index is -0.749. The highest BCUT2D eigenvalue weighted by atomic mass is 16.6. The Morgan fingerprint density at radius 2 is 1.78 bits per heavy atom. The van der Waals surface area contributed by atoms with Crippen molar-refractivity contribution >= 4 is 23.8 Å². The van der Waals surface area contributed by atoms with E-state index in [0.717, 1.165) is 19.3 Å². The lowest BCUT2D eigenvalue weighted by Crippen LogP contribution is -2.34. The molecule has 1 saturated heterocycles. The van der Waals surface area contributed by atoms with Gasteiger partial charge in [0.25, 0.3) is 5.91 Å². The number of hydrogen-bond donors (Lipinski definition) is 3. The van der Waals surface area contributed by atoms with Gasteiger partial charge in [-0.15, -0.1) is 0 Å². The number of Topliss-reactive ketones (excluding diaryl/α,β-unsaturated/α-hetero) is 1. The predicted octanol–water partition coefficient (Wildman–Crippen LogP) is 3.88. The molecule has 0 aromatic carbocycles. The van der Waals surface area contributed by atoms with E-state index < -0.39 is 41.0 Å². The van der Waals surface area contributed by atoms with Crippen molar-refractivity contribution in [2.75, 3.05) is 6.54 Å². The molecule has 0 aromatic rings. The third-order valence-corrected chi connectivity index (χ3v) is 5.86. The standard InChI is InChI=1S/C28H40N2O7/c1-27(2,3)36-22(32)14-8-12-18-10-7-11-19(18)15-16-21(31)23-24(33)20(30-25(23)34)13-9-17-29-26(35)37-28(4,5)6/h15-16,18-20,31H,7,9-13,17H2,1-6H3,(H,29,35)(H,30,34)/t18-,19?,20?/m1/s1. The average molecular weight is 517 g/mol. The first-order valence-corrected chi connectivity index (χ1v) is 12.8. The van der Waals surface area contributed by atoms with E-state index in [0.29, 0.717) is 25.8 Å². The number of nitrogens with one attached hydrogen (secondary N) is 2. The number of rotatable bonds is 7. The lowest BCUT2D eigenvalue weighted by molar-refractivity contribution is -0.147. The molecule has 2 unspecified atom stereocenters. The van der Waals surface area contributed by atoms with E-state index in [1.807, 2.05) is 6.08 Å². The summed E-state index contributed by atoms with van der Waals surface area (Å²) in [5.41, 5.74) is -1.44. The van der Waals surface area contributed by atoms with Crippen LogP contribution in [0.4, 0.5) is 4.79 Å². The van der Waals surface area contributed by atoms with Crippen LogP contribution in [0.2, 0.25) is 0 Å². The fourth-order valence-corrected chi connectivity index (χ4v) is 4.27. The molecule has 1 aliphatic carbocycles. The Labute approximate surface area is 219 Å². The van der Waals surface area contributed by atoms with Crippen LogP contribution < -0.4 is 10.6 Å². The second-order valence-electron chi connectivity index (χ2n) is 11.4. The highest BCUT2D eigenvalue weighted by Crippen LogP contribution is 2.35. The number of alkyl carbamates (subject to hydrolysis) is 1. The first kappa shape index (κ1) is 29.9. The molecule has 9 heteroatoms. The van der Waals surface area contributed by atoms with Crippen molar-refractivity contribution in [1.29, 1.82) is 0 Å². The van der Waals surface area contributed by atoms with E-state index in [-0.39, 0.29) is 23.2 Å². The molecule has 0 aromatic heterocycles. The summed E-state index contributed by atoms with van der Waals surface area (Å²) in [4.78, 5) is 48.6. The van der Waals surface area contributed by atoms with Crippen LogP contribution in [0, 0.1) is 23.7 Å². The van der Waals surface area contributed by atoms with Crippen molar-refractivity contribution in [2.24, 2.45) is 11.8 Å². The summed E-state index contributed by atoms with van der Waals surface area (Å²) in [6, 6.07) is -0.749. The average Bonchev–Trinajstić information content (AvgIpc) is 3.30. The fourth-order valence-electron chi connectivity index (χ4n) is 4.27. The van der Waals surface area contributed by atoms with Crippen molar-refractivity contribution in [3.63, 3.8) is 0 Å². The second kappa shape index (κ2) is 12.8. The van der Waals surface area contributed by atoms with E-state index in [1.54, 1.807) is 41.5 Å². The zero-order chi connectivity index (χ0) is 27.8. The van der Waals surface area contributed by atoms with Gasteiger partial charge in [0.1, 0.15) is 22.5 Å². The van der Waals surface area contributed by atoms with Gasteiger partial charge in [-0.2, -0.15) is 0 Å². The van der Waals surface area contributed by atoms with Gasteiger partial charge >= 0.3 is 12.1 Å². The van der Waals surface area contributed by atoms with Crippen LogP contribution in [0.15, 0.2) is 23.5 Å². The lowest BCUT2D eigenvalue weighted by Gasteiger charge is -2.19.